The van der Waals surface area contributed by atoms with Crippen LogP contribution in [0.4, 0.5) is 5.13 Å². The van der Waals surface area contributed by atoms with E-state index in [4.69, 9.17) is 32.4 Å². The molecule has 2 heterocycles. The van der Waals surface area contributed by atoms with Crippen LogP contribution >= 0.6 is 34.5 Å². The van der Waals surface area contributed by atoms with Crippen molar-refractivity contribution in [3.8, 4) is 0 Å². The zero-order chi connectivity index (χ0) is 20.9. The number of hydrogen-bond donors (Lipinski definition) is 1. The number of hydrogen-bond acceptors (Lipinski definition) is 5. The van der Waals surface area contributed by atoms with Gasteiger partial charge in [-0.2, -0.15) is 0 Å². The first-order chi connectivity index (χ1) is 14.6. The number of benzene rings is 1. The van der Waals surface area contributed by atoms with Gasteiger partial charge in [0.05, 0.1) is 16.1 Å². The van der Waals surface area contributed by atoms with Crippen molar-refractivity contribution < 1.29 is 13.9 Å². The molecule has 1 aliphatic carbocycles. The summed E-state index contributed by atoms with van der Waals surface area (Å²) in [6, 6.07) is 8.98. The van der Waals surface area contributed by atoms with Gasteiger partial charge < -0.3 is 9.15 Å². The number of nitrogens with zero attached hydrogens (tertiary/aromatic N) is 1. The van der Waals surface area contributed by atoms with Crippen LogP contribution in [0.25, 0.3) is 0 Å². The highest BCUT2D eigenvalue weighted by atomic mass is 35.5. The molecule has 4 rings (SSSR count). The molecule has 0 aliphatic heterocycles. The third-order valence-corrected chi connectivity index (χ3v) is 6.69. The second kappa shape index (κ2) is 9.96. The fourth-order valence-corrected chi connectivity index (χ4v) is 4.63. The number of halogens is 2. The highest BCUT2D eigenvalue weighted by Gasteiger charge is 2.17. The maximum Gasteiger partial charge on any atom is 0.293 e. The van der Waals surface area contributed by atoms with Crippen LogP contribution in [-0.4, -0.2) is 17.0 Å². The molecule has 0 atom stereocenters. The summed E-state index contributed by atoms with van der Waals surface area (Å²) in [5, 5.41) is 4.36. The lowest BCUT2D eigenvalue weighted by molar-refractivity contribution is 0.00849. The molecule has 8 heteroatoms. The predicted molar refractivity (Wildman–Crippen MR) is 120 cm³/mol. The zero-order valence-corrected chi connectivity index (χ0v) is 18.7. The largest absolute Gasteiger partial charge is 0.453 e. The molecule has 3 aromatic rings. The van der Waals surface area contributed by atoms with Crippen molar-refractivity contribution in [2.24, 2.45) is 0 Å². The molecule has 5 nitrogen and oxygen atoms in total. The van der Waals surface area contributed by atoms with Crippen LogP contribution in [0.2, 0.25) is 10.0 Å². The SMILES string of the molecule is O=C(Nc1ncc(Cc2ccc(Cl)c(Cl)c2)s1)c1ccc(COC2CCCCC2)o1. The third-order valence-electron chi connectivity index (χ3n) is 5.04. The first-order valence-corrected chi connectivity index (χ1v) is 11.5. The van der Waals surface area contributed by atoms with E-state index in [0.29, 0.717) is 40.1 Å². The Balaban J connectivity index is 1.30. The van der Waals surface area contributed by atoms with E-state index in [1.54, 1.807) is 24.4 Å². The molecule has 1 aromatic carbocycles. The van der Waals surface area contributed by atoms with Gasteiger partial charge >= 0.3 is 0 Å². The fourth-order valence-electron chi connectivity index (χ4n) is 3.47. The summed E-state index contributed by atoms with van der Waals surface area (Å²) in [6.45, 7) is 0.392. The summed E-state index contributed by atoms with van der Waals surface area (Å²) in [5.74, 6) is 0.581. The number of carbonyl (C=O) groups excluding carboxylic acids is 1. The van der Waals surface area contributed by atoms with Gasteiger partial charge in [-0.05, 0) is 42.7 Å². The minimum Gasteiger partial charge on any atom is -0.453 e. The Labute approximate surface area is 189 Å². The quantitative estimate of drug-likeness (QED) is 0.420. The monoisotopic (exact) mass is 464 g/mol. The van der Waals surface area contributed by atoms with E-state index >= 15 is 0 Å². The van der Waals surface area contributed by atoms with E-state index in [9.17, 15) is 4.79 Å². The van der Waals surface area contributed by atoms with Gasteiger partial charge in [0.25, 0.3) is 5.91 Å². The average Bonchev–Trinajstić information content (AvgIpc) is 3.40. The van der Waals surface area contributed by atoms with Crippen LogP contribution in [0.3, 0.4) is 0 Å². The van der Waals surface area contributed by atoms with Gasteiger partial charge in [-0.3, -0.25) is 10.1 Å². The minimum atomic E-state index is -0.325. The van der Waals surface area contributed by atoms with Crippen LogP contribution in [0.1, 0.15) is 58.9 Å². The molecule has 1 amide bonds. The maximum absolute atomic E-state index is 12.5. The average molecular weight is 465 g/mol. The standard InChI is InChI=1S/C22H22Cl2N2O3S/c23-18-8-6-14(11-19(18)24)10-17-12-25-22(30-17)26-21(27)20-9-7-16(29-20)13-28-15-4-2-1-3-5-15/h6-9,11-12,15H,1-5,10,13H2,(H,25,26,27). The van der Waals surface area contributed by atoms with E-state index in [0.717, 1.165) is 23.3 Å². The Morgan fingerprint density at radius 1 is 1.17 bits per heavy atom. The van der Waals surface area contributed by atoms with Gasteiger partial charge in [-0.15, -0.1) is 11.3 Å². The normalized spacial score (nSPS) is 14.7. The van der Waals surface area contributed by atoms with Crippen LogP contribution in [0.5, 0.6) is 0 Å². The topological polar surface area (TPSA) is 64.4 Å². The summed E-state index contributed by atoms with van der Waals surface area (Å²) in [5.41, 5.74) is 1.03. The number of furan rings is 1. The van der Waals surface area contributed by atoms with E-state index in [1.165, 1.54) is 30.6 Å². The summed E-state index contributed by atoms with van der Waals surface area (Å²) in [6.07, 6.45) is 8.63. The van der Waals surface area contributed by atoms with Crippen LogP contribution in [-0.2, 0) is 17.8 Å². The lowest BCUT2D eigenvalue weighted by Crippen LogP contribution is -2.16. The smallest absolute Gasteiger partial charge is 0.293 e. The molecule has 1 fully saturated rings. The summed E-state index contributed by atoms with van der Waals surface area (Å²) in [4.78, 5) is 17.8. The van der Waals surface area contributed by atoms with Crippen molar-refractivity contribution in [3.63, 3.8) is 0 Å². The second-order valence-electron chi connectivity index (χ2n) is 7.35. The van der Waals surface area contributed by atoms with Crippen LogP contribution in [0.15, 0.2) is 40.9 Å². The Kier molecular flexibility index (Phi) is 7.10. The Bertz CT molecular complexity index is 1010. The van der Waals surface area contributed by atoms with Crippen molar-refractivity contribution >= 4 is 45.6 Å². The summed E-state index contributed by atoms with van der Waals surface area (Å²) < 4.78 is 11.6. The van der Waals surface area contributed by atoms with E-state index in [-0.39, 0.29) is 11.7 Å². The van der Waals surface area contributed by atoms with Crippen molar-refractivity contribution in [1.29, 1.82) is 0 Å². The Morgan fingerprint density at radius 2 is 2.00 bits per heavy atom. The highest BCUT2D eigenvalue weighted by Crippen LogP contribution is 2.27. The molecular weight excluding hydrogens is 443 g/mol. The predicted octanol–water partition coefficient (Wildman–Crippen LogP) is 6.74. The number of carbonyl (C=O) groups is 1. The van der Waals surface area contributed by atoms with Gasteiger partial charge in [0.2, 0.25) is 0 Å². The molecule has 0 unspecified atom stereocenters. The number of thiazole rings is 1. The van der Waals surface area contributed by atoms with Gasteiger partial charge in [-0.25, -0.2) is 4.98 Å². The number of amides is 1. The highest BCUT2D eigenvalue weighted by molar-refractivity contribution is 7.15. The Hall–Kier alpha value is -1.86. The molecule has 1 N–H and O–H groups in total. The molecular formula is C22H22Cl2N2O3S. The summed E-state index contributed by atoms with van der Waals surface area (Å²) in [7, 11) is 0. The minimum absolute atomic E-state index is 0.249. The molecule has 30 heavy (non-hydrogen) atoms. The summed E-state index contributed by atoms with van der Waals surface area (Å²) >= 11 is 13.4. The lowest BCUT2D eigenvalue weighted by atomic mass is 9.98. The van der Waals surface area contributed by atoms with Gasteiger partial charge in [0.15, 0.2) is 10.9 Å². The number of anilines is 1. The van der Waals surface area contributed by atoms with Crippen molar-refractivity contribution in [1.82, 2.24) is 4.98 Å². The molecule has 0 radical (unpaired) electrons. The van der Waals surface area contributed by atoms with Crippen molar-refractivity contribution in [2.75, 3.05) is 5.32 Å². The molecule has 0 spiro atoms. The van der Waals surface area contributed by atoms with Crippen molar-refractivity contribution in [3.05, 3.63) is 68.5 Å². The fraction of sp³-hybridized carbons (Fsp3) is 0.364. The maximum atomic E-state index is 12.5. The van der Waals surface area contributed by atoms with E-state index in [2.05, 4.69) is 10.3 Å². The molecule has 2 aromatic heterocycles. The molecule has 1 saturated carbocycles. The zero-order valence-electron chi connectivity index (χ0n) is 16.3. The third kappa shape index (κ3) is 5.64. The van der Waals surface area contributed by atoms with Gasteiger partial charge in [0, 0.05) is 17.5 Å². The Morgan fingerprint density at radius 3 is 2.80 bits per heavy atom. The molecule has 1 aliphatic rings. The van der Waals surface area contributed by atoms with Crippen LogP contribution in [0, 0.1) is 0 Å². The first-order valence-electron chi connectivity index (χ1n) is 9.97. The number of nitrogens with one attached hydrogen (secondary N) is 1. The molecule has 158 valence electrons. The molecule has 0 saturated heterocycles. The lowest BCUT2D eigenvalue weighted by Gasteiger charge is -2.21. The first kappa shape index (κ1) is 21.4. The number of rotatable bonds is 7. The second-order valence-corrected chi connectivity index (χ2v) is 9.28. The number of aromatic nitrogens is 1. The molecule has 0 bridgehead atoms. The van der Waals surface area contributed by atoms with Gasteiger partial charge in [-0.1, -0.05) is 48.5 Å². The van der Waals surface area contributed by atoms with Crippen LogP contribution < -0.4 is 5.32 Å². The van der Waals surface area contributed by atoms with E-state index < -0.39 is 0 Å². The number of ether oxygens (including phenoxy) is 1. The van der Waals surface area contributed by atoms with E-state index in [1.807, 2.05) is 12.1 Å². The van der Waals surface area contributed by atoms with Gasteiger partial charge in [0.1, 0.15) is 12.4 Å². The van der Waals surface area contributed by atoms with Crippen molar-refractivity contribution in [2.45, 2.75) is 51.2 Å².